The molecule has 0 saturated carbocycles. The van der Waals surface area contributed by atoms with Crippen LogP contribution in [0, 0.1) is 6.92 Å². The molecule has 0 spiro atoms. The highest BCUT2D eigenvalue weighted by atomic mass is 16.1. The van der Waals surface area contributed by atoms with Gasteiger partial charge in [0.1, 0.15) is 11.5 Å². The summed E-state index contributed by atoms with van der Waals surface area (Å²) in [6.07, 6.45) is 1.63. The first-order valence-electron chi connectivity index (χ1n) is 8.33. The predicted molar refractivity (Wildman–Crippen MR) is 104 cm³/mol. The van der Waals surface area contributed by atoms with Crippen LogP contribution in [0.4, 0.5) is 11.5 Å². The lowest BCUT2D eigenvalue weighted by molar-refractivity contribution is 0.0953. The Hall–Kier alpha value is -3.47. The van der Waals surface area contributed by atoms with E-state index in [-0.39, 0.29) is 5.91 Å². The number of para-hydroxylation sites is 1. The number of aromatic nitrogens is 2. The summed E-state index contributed by atoms with van der Waals surface area (Å²) in [6, 6.07) is 19.1. The van der Waals surface area contributed by atoms with E-state index in [0.29, 0.717) is 23.9 Å². The highest BCUT2D eigenvalue weighted by Crippen LogP contribution is 2.22. The lowest BCUT2D eigenvalue weighted by Gasteiger charge is -2.12. The molecule has 0 aliphatic rings. The molecule has 1 amide bonds. The molecule has 0 atom stereocenters. The average Bonchev–Trinajstić information content (AvgIpc) is 2.68. The summed E-state index contributed by atoms with van der Waals surface area (Å²) in [5.74, 6) is 0.794. The number of rotatable bonds is 6. The van der Waals surface area contributed by atoms with Gasteiger partial charge < -0.3 is 10.6 Å². The van der Waals surface area contributed by atoms with Gasteiger partial charge in [-0.1, -0.05) is 54.6 Å². The van der Waals surface area contributed by atoms with E-state index in [4.69, 9.17) is 0 Å². The predicted octanol–water partition coefficient (Wildman–Crippen LogP) is 4.11. The van der Waals surface area contributed by atoms with Crippen LogP contribution in [-0.4, -0.2) is 22.4 Å². The third-order valence-corrected chi connectivity index (χ3v) is 3.81. The maximum atomic E-state index is 12.4. The van der Waals surface area contributed by atoms with Crippen molar-refractivity contribution in [3.8, 4) is 11.4 Å². The Morgan fingerprint density at radius 1 is 1.08 bits per heavy atom. The Kier molecular flexibility index (Phi) is 5.39. The molecular formula is C21H20N4O. The summed E-state index contributed by atoms with van der Waals surface area (Å²) in [7, 11) is 0. The van der Waals surface area contributed by atoms with Gasteiger partial charge in [0, 0.05) is 23.9 Å². The fraction of sp³-hybridized carbons (Fsp3) is 0.0952. The zero-order valence-corrected chi connectivity index (χ0v) is 14.6. The van der Waals surface area contributed by atoms with E-state index in [2.05, 4.69) is 27.2 Å². The van der Waals surface area contributed by atoms with Crippen molar-refractivity contribution in [1.29, 1.82) is 0 Å². The molecular weight excluding hydrogens is 324 g/mol. The summed E-state index contributed by atoms with van der Waals surface area (Å²) < 4.78 is 0. The second-order valence-corrected chi connectivity index (χ2v) is 5.77. The molecule has 130 valence electrons. The van der Waals surface area contributed by atoms with Crippen LogP contribution in [0.3, 0.4) is 0 Å². The molecule has 0 aliphatic heterocycles. The second kappa shape index (κ2) is 8.07. The Balaban J connectivity index is 2.01. The number of benzene rings is 2. The number of aryl methyl sites for hydroxylation is 1. The van der Waals surface area contributed by atoms with Gasteiger partial charge in [-0.15, -0.1) is 6.58 Å². The van der Waals surface area contributed by atoms with Crippen LogP contribution in [0.5, 0.6) is 0 Å². The zero-order valence-electron chi connectivity index (χ0n) is 14.6. The van der Waals surface area contributed by atoms with Crippen molar-refractivity contribution in [2.75, 3.05) is 11.9 Å². The molecule has 0 saturated heterocycles. The summed E-state index contributed by atoms with van der Waals surface area (Å²) in [5.41, 5.74) is 3.17. The van der Waals surface area contributed by atoms with Crippen LogP contribution in [-0.2, 0) is 0 Å². The normalized spacial score (nSPS) is 10.2. The quantitative estimate of drug-likeness (QED) is 0.660. The molecule has 0 bridgehead atoms. The Bertz CT molecular complexity index is 922. The van der Waals surface area contributed by atoms with Crippen molar-refractivity contribution >= 4 is 17.4 Å². The minimum absolute atomic E-state index is 0.266. The highest BCUT2D eigenvalue weighted by Gasteiger charge is 2.13. The molecule has 3 rings (SSSR count). The first kappa shape index (κ1) is 17.4. The summed E-state index contributed by atoms with van der Waals surface area (Å²) >= 11 is 0. The van der Waals surface area contributed by atoms with Gasteiger partial charge in [0.15, 0.2) is 5.82 Å². The molecule has 1 heterocycles. The monoisotopic (exact) mass is 344 g/mol. The van der Waals surface area contributed by atoms with Crippen LogP contribution in [0.25, 0.3) is 11.4 Å². The van der Waals surface area contributed by atoms with Gasteiger partial charge in [-0.3, -0.25) is 4.79 Å². The maximum Gasteiger partial charge on any atom is 0.270 e. The molecule has 0 radical (unpaired) electrons. The van der Waals surface area contributed by atoms with Crippen LogP contribution in [0.1, 0.15) is 16.1 Å². The van der Waals surface area contributed by atoms with Gasteiger partial charge in [-0.25, -0.2) is 9.97 Å². The third-order valence-electron chi connectivity index (χ3n) is 3.81. The second-order valence-electron chi connectivity index (χ2n) is 5.77. The Morgan fingerprint density at radius 3 is 2.54 bits per heavy atom. The van der Waals surface area contributed by atoms with Crippen molar-refractivity contribution in [2.45, 2.75) is 6.92 Å². The number of amides is 1. The fourth-order valence-corrected chi connectivity index (χ4v) is 2.45. The first-order chi connectivity index (χ1) is 12.7. The molecule has 3 aromatic rings. The molecule has 0 aliphatic carbocycles. The van der Waals surface area contributed by atoms with Crippen LogP contribution >= 0.6 is 0 Å². The number of nitrogens with zero attached hydrogens (tertiary/aromatic N) is 2. The van der Waals surface area contributed by atoms with Crippen molar-refractivity contribution in [3.63, 3.8) is 0 Å². The highest BCUT2D eigenvalue weighted by molar-refractivity contribution is 5.93. The van der Waals surface area contributed by atoms with E-state index >= 15 is 0 Å². The van der Waals surface area contributed by atoms with Crippen molar-refractivity contribution in [2.24, 2.45) is 0 Å². The number of nitrogens with one attached hydrogen (secondary N) is 2. The largest absolute Gasteiger partial charge is 0.347 e. The number of hydrogen-bond donors (Lipinski definition) is 2. The SMILES string of the molecule is C=CCNC(=O)c1cc(Nc2ccccc2C)nc(-c2ccccc2)n1. The van der Waals surface area contributed by atoms with Gasteiger partial charge in [0.05, 0.1) is 0 Å². The smallest absolute Gasteiger partial charge is 0.270 e. The van der Waals surface area contributed by atoms with Crippen molar-refractivity contribution in [1.82, 2.24) is 15.3 Å². The minimum atomic E-state index is -0.266. The van der Waals surface area contributed by atoms with Gasteiger partial charge in [-0.2, -0.15) is 0 Å². The standard InChI is InChI=1S/C21H20N4O/c1-3-13-22-21(26)18-14-19(23-17-12-8-7-9-15(17)2)25-20(24-18)16-10-5-4-6-11-16/h3-12,14H,1,13H2,2H3,(H,22,26)(H,23,24,25). The lowest BCUT2D eigenvalue weighted by Crippen LogP contribution is -2.24. The zero-order chi connectivity index (χ0) is 18.4. The van der Waals surface area contributed by atoms with Crippen molar-refractivity contribution in [3.05, 3.63) is 84.6 Å². The summed E-state index contributed by atoms with van der Waals surface area (Å²) in [5, 5.41) is 6.04. The molecule has 26 heavy (non-hydrogen) atoms. The number of anilines is 2. The van der Waals surface area contributed by atoms with Gasteiger partial charge in [-0.05, 0) is 18.6 Å². The Labute approximate surface area is 152 Å². The van der Waals surface area contributed by atoms with E-state index < -0.39 is 0 Å². The number of carbonyl (C=O) groups excluding carboxylic acids is 1. The third kappa shape index (κ3) is 4.13. The van der Waals surface area contributed by atoms with Gasteiger partial charge in [0.25, 0.3) is 5.91 Å². The maximum absolute atomic E-state index is 12.4. The molecule has 2 N–H and O–H groups in total. The Morgan fingerprint density at radius 2 is 1.81 bits per heavy atom. The molecule has 2 aromatic carbocycles. The number of hydrogen-bond acceptors (Lipinski definition) is 4. The fourth-order valence-electron chi connectivity index (χ4n) is 2.45. The topological polar surface area (TPSA) is 66.9 Å². The van der Waals surface area contributed by atoms with E-state index in [1.165, 1.54) is 0 Å². The van der Waals surface area contributed by atoms with Crippen LogP contribution in [0.2, 0.25) is 0 Å². The molecule has 0 unspecified atom stereocenters. The van der Waals surface area contributed by atoms with Crippen LogP contribution < -0.4 is 10.6 Å². The van der Waals surface area contributed by atoms with Crippen molar-refractivity contribution < 1.29 is 4.79 Å². The van der Waals surface area contributed by atoms with E-state index in [0.717, 1.165) is 16.8 Å². The first-order valence-corrected chi connectivity index (χ1v) is 8.33. The van der Waals surface area contributed by atoms with E-state index in [9.17, 15) is 4.79 Å². The molecule has 5 heteroatoms. The summed E-state index contributed by atoms with van der Waals surface area (Å²) in [6.45, 7) is 6.01. The van der Waals surface area contributed by atoms with Crippen LogP contribution in [0.15, 0.2) is 73.3 Å². The van der Waals surface area contributed by atoms with E-state index in [1.54, 1.807) is 12.1 Å². The average molecular weight is 344 g/mol. The molecule has 1 aromatic heterocycles. The minimum Gasteiger partial charge on any atom is -0.347 e. The van der Waals surface area contributed by atoms with Gasteiger partial charge in [0.2, 0.25) is 0 Å². The van der Waals surface area contributed by atoms with E-state index in [1.807, 2.05) is 61.5 Å². The molecule has 0 fully saturated rings. The summed E-state index contributed by atoms with van der Waals surface area (Å²) in [4.78, 5) is 21.4. The lowest BCUT2D eigenvalue weighted by atomic mass is 10.2. The number of carbonyl (C=O) groups is 1. The van der Waals surface area contributed by atoms with Gasteiger partial charge >= 0.3 is 0 Å². The molecule has 5 nitrogen and oxygen atoms in total.